The van der Waals surface area contributed by atoms with Crippen LogP contribution in [0.5, 0.6) is 11.5 Å². The van der Waals surface area contributed by atoms with E-state index in [0.717, 1.165) is 17.1 Å². The third-order valence-electron chi connectivity index (χ3n) is 3.32. The normalized spacial score (nSPS) is 10.8. The molecule has 1 aromatic carbocycles. The number of hydrogen-bond donors (Lipinski definition) is 3. The number of benzene rings is 1. The maximum atomic E-state index is 11.8. The summed E-state index contributed by atoms with van der Waals surface area (Å²) in [6.45, 7) is 8.07. The number of carbonyl (C=O) groups is 1. The van der Waals surface area contributed by atoms with E-state index in [1.807, 2.05) is 39.0 Å². The Morgan fingerprint density at radius 1 is 1.27 bits per heavy atom. The summed E-state index contributed by atoms with van der Waals surface area (Å²) in [5.74, 6) is 1.02. The lowest BCUT2D eigenvalue weighted by atomic mass is 10.2. The maximum Gasteiger partial charge on any atom is 0.277 e. The Morgan fingerprint density at radius 3 is 2.73 bits per heavy atom. The van der Waals surface area contributed by atoms with Crippen LogP contribution < -0.4 is 25.8 Å². The molecule has 0 radical (unpaired) electrons. The van der Waals surface area contributed by atoms with Gasteiger partial charge in [0.25, 0.3) is 5.91 Å². The van der Waals surface area contributed by atoms with Gasteiger partial charge >= 0.3 is 0 Å². The number of nitrogens with one attached hydrogen (secondary N) is 2. The minimum atomic E-state index is -0.417. The second kappa shape index (κ2) is 9.62. The molecule has 0 aliphatic heterocycles. The van der Waals surface area contributed by atoms with E-state index in [1.54, 1.807) is 0 Å². The first-order valence-electron chi connectivity index (χ1n) is 8.50. The zero-order valence-corrected chi connectivity index (χ0v) is 15.2. The van der Waals surface area contributed by atoms with Gasteiger partial charge in [-0.2, -0.15) is 0 Å². The third-order valence-corrected chi connectivity index (χ3v) is 3.32. The number of ether oxygens (including phenoxy) is 2. The largest absolute Gasteiger partial charge is 0.490 e. The molecule has 0 unspecified atom stereocenters. The van der Waals surface area contributed by atoms with Gasteiger partial charge in [-0.1, -0.05) is 6.07 Å². The molecule has 26 heavy (non-hydrogen) atoms. The van der Waals surface area contributed by atoms with E-state index in [1.165, 1.54) is 0 Å². The van der Waals surface area contributed by atoms with Crippen LogP contribution >= 0.6 is 0 Å². The number of carbonyl (C=O) groups excluding carboxylic acids is 1. The van der Waals surface area contributed by atoms with Crippen molar-refractivity contribution in [1.82, 2.24) is 20.9 Å². The maximum absolute atomic E-state index is 11.8. The molecule has 4 N–H and O–H groups in total. The molecule has 0 saturated carbocycles. The van der Waals surface area contributed by atoms with Gasteiger partial charge in [0, 0.05) is 19.6 Å². The lowest BCUT2D eigenvalue weighted by Crippen LogP contribution is -2.32. The molecule has 0 fully saturated rings. The van der Waals surface area contributed by atoms with Crippen molar-refractivity contribution in [2.75, 3.05) is 25.4 Å². The molecule has 1 heterocycles. The van der Waals surface area contributed by atoms with E-state index < -0.39 is 5.91 Å². The predicted molar refractivity (Wildman–Crippen MR) is 96.1 cm³/mol. The van der Waals surface area contributed by atoms with Crippen LogP contribution in [-0.2, 0) is 6.54 Å². The zero-order chi connectivity index (χ0) is 18.9. The lowest BCUT2D eigenvalue weighted by molar-refractivity contribution is 0.0944. The third kappa shape index (κ3) is 5.62. The first kappa shape index (κ1) is 19.5. The van der Waals surface area contributed by atoms with Gasteiger partial charge in [0.2, 0.25) is 11.5 Å². The average molecular weight is 363 g/mol. The van der Waals surface area contributed by atoms with E-state index >= 15 is 0 Å². The van der Waals surface area contributed by atoms with Gasteiger partial charge < -0.3 is 25.8 Å². The molecule has 0 spiro atoms. The highest BCUT2D eigenvalue weighted by Gasteiger charge is 2.14. The Balaban J connectivity index is 1.79. The smallest absolute Gasteiger partial charge is 0.277 e. The highest BCUT2D eigenvalue weighted by Crippen LogP contribution is 2.29. The highest BCUT2D eigenvalue weighted by molar-refractivity contribution is 5.95. The summed E-state index contributed by atoms with van der Waals surface area (Å²) in [6, 6.07) is 5.84. The van der Waals surface area contributed by atoms with E-state index in [0.29, 0.717) is 26.2 Å². The predicted octanol–water partition coefficient (Wildman–Crippen LogP) is 1.36. The molecule has 2 rings (SSSR count). The summed E-state index contributed by atoms with van der Waals surface area (Å²) in [5, 5.41) is 12.7. The van der Waals surface area contributed by atoms with Crippen LogP contribution in [0, 0.1) is 0 Å². The number of nitrogen functional groups attached to an aromatic ring is 1. The average Bonchev–Trinajstić information content (AvgIpc) is 3.02. The van der Waals surface area contributed by atoms with Gasteiger partial charge in [0.05, 0.1) is 12.7 Å². The van der Waals surface area contributed by atoms with E-state index in [-0.39, 0.29) is 17.6 Å². The second-order valence-electron chi connectivity index (χ2n) is 5.81. The van der Waals surface area contributed by atoms with Crippen molar-refractivity contribution in [2.45, 2.75) is 33.4 Å². The topological polar surface area (TPSA) is 125 Å². The van der Waals surface area contributed by atoms with E-state index in [4.69, 9.17) is 15.2 Å². The van der Waals surface area contributed by atoms with E-state index in [9.17, 15) is 4.79 Å². The Labute approximate surface area is 152 Å². The number of nitrogens with two attached hydrogens (primary N) is 1. The molecule has 9 nitrogen and oxygen atoms in total. The molecule has 2 aromatic rings. The van der Waals surface area contributed by atoms with Crippen LogP contribution in [0.1, 0.15) is 36.8 Å². The molecule has 142 valence electrons. The molecule has 9 heteroatoms. The number of amides is 1. The summed E-state index contributed by atoms with van der Waals surface area (Å²) >= 11 is 0. The van der Waals surface area contributed by atoms with Crippen LogP contribution in [-0.4, -0.2) is 42.0 Å². The van der Waals surface area contributed by atoms with Crippen molar-refractivity contribution >= 4 is 11.7 Å². The molecular weight excluding hydrogens is 338 g/mol. The van der Waals surface area contributed by atoms with Gasteiger partial charge in [-0.05, 0) is 48.8 Å². The first-order chi connectivity index (χ1) is 12.5. The van der Waals surface area contributed by atoms with Gasteiger partial charge in [0.15, 0.2) is 11.5 Å². The number of hydrogen-bond acceptors (Lipinski definition) is 8. The summed E-state index contributed by atoms with van der Waals surface area (Å²) in [5.41, 5.74) is 6.51. The molecule has 0 aliphatic rings. The number of rotatable bonds is 10. The van der Waals surface area contributed by atoms with Gasteiger partial charge in [-0.25, -0.2) is 4.63 Å². The van der Waals surface area contributed by atoms with Gasteiger partial charge in [-0.3, -0.25) is 4.79 Å². The Kier molecular flexibility index (Phi) is 7.22. The Morgan fingerprint density at radius 2 is 2.08 bits per heavy atom. The second-order valence-corrected chi connectivity index (χ2v) is 5.81. The first-order valence-corrected chi connectivity index (χ1v) is 8.50. The SMILES string of the molecule is CCOc1cc(CNCCNC(=O)c2nonc2N)ccc1OC(C)C. The van der Waals surface area contributed by atoms with Crippen molar-refractivity contribution in [3.05, 3.63) is 29.5 Å². The van der Waals surface area contributed by atoms with Crippen molar-refractivity contribution in [1.29, 1.82) is 0 Å². The van der Waals surface area contributed by atoms with Crippen LogP contribution in [0.3, 0.4) is 0 Å². The summed E-state index contributed by atoms with van der Waals surface area (Å²) < 4.78 is 15.8. The molecule has 0 saturated heterocycles. The molecular formula is C17H25N5O4. The van der Waals surface area contributed by atoms with Gasteiger partial charge in [-0.15, -0.1) is 0 Å². The minimum Gasteiger partial charge on any atom is -0.490 e. The van der Waals surface area contributed by atoms with Gasteiger partial charge in [0.1, 0.15) is 0 Å². The van der Waals surface area contributed by atoms with Crippen molar-refractivity contribution in [3.63, 3.8) is 0 Å². The summed E-state index contributed by atoms with van der Waals surface area (Å²) in [4.78, 5) is 11.8. The molecule has 1 amide bonds. The number of anilines is 1. The molecule has 0 aliphatic carbocycles. The monoisotopic (exact) mass is 363 g/mol. The lowest BCUT2D eigenvalue weighted by Gasteiger charge is -2.15. The van der Waals surface area contributed by atoms with Crippen LogP contribution in [0.15, 0.2) is 22.8 Å². The summed E-state index contributed by atoms with van der Waals surface area (Å²) in [6.07, 6.45) is 0.0794. The fourth-order valence-electron chi connectivity index (χ4n) is 2.22. The van der Waals surface area contributed by atoms with Crippen molar-refractivity contribution < 1.29 is 18.9 Å². The Bertz CT molecular complexity index is 717. The van der Waals surface area contributed by atoms with Crippen molar-refractivity contribution in [3.8, 4) is 11.5 Å². The highest BCUT2D eigenvalue weighted by atomic mass is 16.6. The van der Waals surface area contributed by atoms with E-state index in [2.05, 4.69) is 25.6 Å². The molecule has 0 bridgehead atoms. The van der Waals surface area contributed by atoms with Crippen LogP contribution in [0.4, 0.5) is 5.82 Å². The molecule has 1 aromatic heterocycles. The van der Waals surface area contributed by atoms with Crippen LogP contribution in [0.2, 0.25) is 0 Å². The minimum absolute atomic E-state index is 0.00732. The summed E-state index contributed by atoms with van der Waals surface area (Å²) in [7, 11) is 0. The number of nitrogens with zero attached hydrogens (tertiary/aromatic N) is 2. The Hall–Kier alpha value is -2.81. The fraction of sp³-hybridized carbons (Fsp3) is 0.471. The fourth-order valence-corrected chi connectivity index (χ4v) is 2.22. The zero-order valence-electron chi connectivity index (χ0n) is 15.2. The number of aromatic nitrogens is 2. The standard InChI is InChI=1S/C17H25N5O4/c1-4-24-14-9-12(5-6-13(14)25-11(2)3)10-19-7-8-20-17(23)15-16(18)22-26-21-15/h5-6,9,11,19H,4,7-8,10H2,1-3H3,(H2,18,22)(H,20,23). The molecule has 0 atom stereocenters. The van der Waals surface area contributed by atoms with Crippen molar-refractivity contribution in [2.24, 2.45) is 0 Å². The quantitative estimate of drug-likeness (QED) is 0.540. The van der Waals surface area contributed by atoms with Crippen LogP contribution in [0.25, 0.3) is 0 Å².